The van der Waals surface area contributed by atoms with Gasteiger partial charge in [0.1, 0.15) is 10.2 Å². The molecule has 1 unspecified atom stereocenters. The lowest BCUT2D eigenvalue weighted by Crippen LogP contribution is -2.49. The number of fused-ring (bicyclic) bond motifs is 1. The van der Waals surface area contributed by atoms with Crippen molar-refractivity contribution in [2.45, 2.75) is 58.8 Å². The highest BCUT2D eigenvalue weighted by molar-refractivity contribution is 9.10. The lowest BCUT2D eigenvalue weighted by Gasteiger charge is -2.37. The molecule has 0 aromatic carbocycles. The highest BCUT2D eigenvalue weighted by Gasteiger charge is 2.35. The first-order valence-electron chi connectivity index (χ1n) is 8.36. The van der Waals surface area contributed by atoms with Gasteiger partial charge in [0.25, 0.3) is 0 Å². The Morgan fingerprint density at radius 2 is 2.16 bits per heavy atom. The standard InChI is InChI=1S/C18H23BrN4O2/c1-12-15-11-22(17(24)25-18(2,3)4)14(10-23(15)21-16(12)19)9-13-7-5-6-8-20-13/h5-8,14H,9-11H2,1-4H3. The summed E-state index contributed by atoms with van der Waals surface area (Å²) in [7, 11) is 0. The van der Waals surface area contributed by atoms with Crippen LogP contribution in [0.5, 0.6) is 0 Å². The Morgan fingerprint density at radius 1 is 1.40 bits per heavy atom. The Bertz CT molecular complexity index is 767. The van der Waals surface area contributed by atoms with Crippen molar-refractivity contribution in [2.24, 2.45) is 0 Å². The van der Waals surface area contributed by atoms with Crippen LogP contribution in [0.25, 0.3) is 0 Å². The maximum atomic E-state index is 12.8. The Balaban J connectivity index is 1.90. The van der Waals surface area contributed by atoms with Gasteiger partial charge in [0, 0.05) is 23.9 Å². The largest absolute Gasteiger partial charge is 0.444 e. The van der Waals surface area contributed by atoms with E-state index in [2.05, 4.69) is 26.0 Å². The van der Waals surface area contributed by atoms with Gasteiger partial charge in [-0.1, -0.05) is 6.07 Å². The highest BCUT2D eigenvalue weighted by atomic mass is 79.9. The number of amides is 1. The molecule has 0 saturated carbocycles. The van der Waals surface area contributed by atoms with E-state index in [-0.39, 0.29) is 12.1 Å². The first-order valence-corrected chi connectivity index (χ1v) is 9.15. The molecule has 0 fully saturated rings. The maximum Gasteiger partial charge on any atom is 0.410 e. The van der Waals surface area contributed by atoms with Crippen molar-refractivity contribution in [2.75, 3.05) is 0 Å². The predicted octanol–water partition coefficient (Wildman–Crippen LogP) is 3.71. The van der Waals surface area contributed by atoms with Crippen molar-refractivity contribution in [3.05, 3.63) is 46.0 Å². The Kier molecular flexibility index (Phi) is 4.86. The van der Waals surface area contributed by atoms with E-state index in [1.807, 2.05) is 50.6 Å². The molecule has 2 aromatic heterocycles. The molecule has 1 aliphatic heterocycles. The second kappa shape index (κ2) is 6.78. The number of nitrogens with zero attached hydrogens (tertiary/aromatic N) is 4. The summed E-state index contributed by atoms with van der Waals surface area (Å²) in [5.41, 5.74) is 2.52. The van der Waals surface area contributed by atoms with Crippen LogP contribution in [0.1, 0.15) is 37.7 Å². The van der Waals surface area contributed by atoms with E-state index in [4.69, 9.17) is 4.74 Å². The second-order valence-corrected chi connectivity index (χ2v) is 8.08. The third kappa shape index (κ3) is 4.03. The van der Waals surface area contributed by atoms with Crippen LogP contribution in [0.2, 0.25) is 0 Å². The molecule has 0 radical (unpaired) electrons. The average Bonchev–Trinajstić information content (AvgIpc) is 2.80. The second-order valence-electron chi connectivity index (χ2n) is 7.33. The van der Waals surface area contributed by atoms with E-state index in [1.165, 1.54) is 0 Å². The molecule has 1 aliphatic rings. The summed E-state index contributed by atoms with van der Waals surface area (Å²) in [5, 5.41) is 4.55. The first-order chi connectivity index (χ1) is 11.7. The fourth-order valence-corrected chi connectivity index (χ4v) is 3.38. The van der Waals surface area contributed by atoms with Gasteiger partial charge < -0.3 is 4.74 Å². The van der Waals surface area contributed by atoms with E-state index in [0.717, 1.165) is 21.6 Å². The van der Waals surface area contributed by atoms with Crippen molar-refractivity contribution in [1.29, 1.82) is 0 Å². The molecule has 1 amide bonds. The molecule has 0 aliphatic carbocycles. The van der Waals surface area contributed by atoms with E-state index in [0.29, 0.717) is 19.5 Å². The maximum absolute atomic E-state index is 12.8. The van der Waals surface area contributed by atoms with Crippen molar-refractivity contribution >= 4 is 22.0 Å². The summed E-state index contributed by atoms with van der Waals surface area (Å²) in [6, 6.07) is 5.78. The molecular weight excluding hydrogens is 384 g/mol. The number of rotatable bonds is 2. The number of hydrogen-bond donors (Lipinski definition) is 0. The number of carbonyl (C=O) groups excluding carboxylic acids is 1. The monoisotopic (exact) mass is 406 g/mol. The van der Waals surface area contributed by atoms with Crippen molar-refractivity contribution < 1.29 is 9.53 Å². The molecule has 25 heavy (non-hydrogen) atoms. The zero-order chi connectivity index (χ0) is 18.2. The van der Waals surface area contributed by atoms with Crippen molar-refractivity contribution in [1.82, 2.24) is 19.7 Å². The van der Waals surface area contributed by atoms with Gasteiger partial charge in [-0.2, -0.15) is 5.10 Å². The Labute approximate surface area is 156 Å². The Hall–Kier alpha value is -1.89. The average molecular weight is 407 g/mol. The summed E-state index contributed by atoms with van der Waals surface area (Å²) in [6.45, 7) is 8.77. The van der Waals surface area contributed by atoms with Crippen LogP contribution in [0.3, 0.4) is 0 Å². The van der Waals surface area contributed by atoms with Gasteiger partial charge >= 0.3 is 6.09 Å². The van der Waals surface area contributed by atoms with E-state index in [1.54, 1.807) is 11.1 Å². The summed E-state index contributed by atoms with van der Waals surface area (Å²) in [5.74, 6) is 0. The highest BCUT2D eigenvalue weighted by Crippen LogP contribution is 2.28. The number of halogens is 1. The van der Waals surface area contributed by atoms with Crippen LogP contribution in [0.4, 0.5) is 4.79 Å². The van der Waals surface area contributed by atoms with Crippen LogP contribution in [0, 0.1) is 6.92 Å². The minimum atomic E-state index is -0.528. The third-order valence-corrected chi connectivity index (χ3v) is 4.96. The van der Waals surface area contributed by atoms with Gasteiger partial charge in [0.2, 0.25) is 0 Å². The molecule has 0 N–H and O–H groups in total. The van der Waals surface area contributed by atoms with Gasteiger partial charge in [0.05, 0.1) is 24.8 Å². The number of hydrogen-bond acceptors (Lipinski definition) is 4. The molecular formula is C18H23BrN4O2. The third-order valence-electron chi connectivity index (χ3n) is 4.21. The number of carbonyl (C=O) groups is 1. The molecule has 3 rings (SSSR count). The van der Waals surface area contributed by atoms with Crippen molar-refractivity contribution in [3.8, 4) is 0 Å². The SMILES string of the molecule is Cc1c(Br)nn2c1CN(C(=O)OC(C)(C)C)C(Cc1ccccn1)C2. The zero-order valence-electron chi connectivity index (χ0n) is 15.0. The predicted molar refractivity (Wildman–Crippen MR) is 98.2 cm³/mol. The topological polar surface area (TPSA) is 60.2 Å². The molecule has 134 valence electrons. The summed E-state index contributed by atoms with van der Waals surface area (Å²) in [4.78, 5) is 19.0. The molecule has 6 nitrogen and oxygen atoms in total. The lowest BCUT2D eigenvalue weighted by molar-refractivity contribution is 0.00661. The van der Waals surface area contributed by atoms with Crippen LogP contribution in [-0.4, -0.2) is 37.4 Å². The molecule has 0 saturated heterocycles. The number of aromatic nitrogens is 3. The lowest BCUT2D eigenvalue weighted by atomic mass is 10.1. The quantitative estimate of drug-likeness (QED) is 0.762. The molecule has 2 aromatic rings. The van der Waals surface area contributed by atoms with Crippen LogP contribution in [-0.2, 0) is 24.2 Å². The molecule has 3 heterocycles. The van der Waals surface area contributed by atoms with Gasteiger partial charge in [-0.25, -0.2) is 4.79 Å². The molecule has 0 spiro atoms. The smallest absolute Gasteiger partial charge is 0.410 e. The summed E-state index contributed by atoms with van der Waals surface area (Å²) < 4.78 is 8.44. The van der Waals surface area contributed by atoms with E-state index >= 15 is 0 Å². The summed E-state index contributed by atoms with van der Waals surface area (Å²) in [6.07, 6.45) is 2.14. The minimum Gasteiger partial charge on any atom is -0.444 e. The van der Waals surface area contributed by atoms with Crippen LogP contribution >= 0.6 is 15.9 Å². The van der Waals surface area contributed by atoms with Crippen LogP contribution < -0.4 is 0 Å². The normalized spacial score (nSPS) is 17.3. The number of ether oxygens (including phenoxy) is 1. The van der Waals surface area contributed by atoms with Gasteiger partial charge in [-0.05, 0) is 55.8 Å². The van der Waals surface area contributed by atoms with Gasteiger partial charge in [-0.3, -0.25) is 14.6 Å². The number of pyridine rings is 1. The van der Waals surface area contributed by atoms with E-state index < -0.39 is 5.60 Å². The molecule has 1 atom stereocenters. The molecule has 7 heteroatoms. The molecule has 0 bridgehead atoms. The van der Waals surface area contributed by atoms with Gasteiger partial charge in [-0.15, -0.1) is 0 Å². The van der Waals surface area contributed by atoms with Crippen LogP contribution in [0.15, 0.2) is 29.0 Å². The zero-order valence-corrected chi connectivity index (χ0v) is 16.6. The Morgan fingerprint density at radius 3 is 2.80 bits per heavy atom. The van der Waals surface area contributed by atoms with Crippen molar-refractivity contribution in [3.63, 3.8) is 0 Å². The van der Waals surface area contributed by atoms with E-state index in [9.17, 15) is 4.79 Å². The summed E-state index contributed by atoms with van der Waals surface area (Å²) >= 11 is 3.49. The van der Waals surface area contributed by atoms with Gasteiger partial charge in [0.15, 0.2) is 0 Å². The fraction of sp³-hybridized carbons (Fsp3) is 0.500. The first kappa shape index (κ1) is 17.9. The fourth-order valence-electron chi connectivity index (χ4n) is 2.96. The minimum absolute atomic E-state index is 0.0524.